The van der Waals surface area contributed by atoms with Gasteiger partial charge >= 0.3 is 5.97 Å². The molecular weight excluding hydrogens is 372 g/mol. The summed E-state index contributed by atoms with van der Waals surface area (Å²) in [4.78, 5) is 26.4. The maximum Gasteiger partial charge on any atom is 0.341 e. The van der Waals surface area contributed by atoms with Crippen LogP contribution in [0.25, 0.3) is 0 Å². The zero-order valence-corrected chi connectivity index (χ0v) is 17.8. The lowest BCUT2D eigenvalue weighted by molar-refractivity contribution is -0.115. The van der Waals surface area contributed by atoms with Crippen molar-refractivity contribution in [3.63, 3.8) is 0 Å². The van der Waals surface area contributed by atoms with Crippen molar-refractivity contribution in [1.82, 2.24) is 5.32 Å². The Balaban J connectivity index is 1.38. The zero-order chi connectivity index (χ0) is 19.7. The van der Waals surface area contributed by atoms with Crippen LogP contribution in [-0.4, -0.2) is 31.1 Å². The number of hydrogen-bond acceptors (Lipinski definition) is 5. The first kappa shape index (κ1) is 19.9. The van der Waals surface area contributed by atoms with Crippen LogP contribution < -0.4 is 10.6 Å². The summed E-state index contributed by atoms with van der Waals surface area (Å²) in [5.74, 6) is 2.09. The van der Waals surface area contributed by atoms with E-state index >= 15 is 0 Å². The molecule has 4 rings (SSSR count). The summed E-state index contributed by atoms with van der Waals surface area (Å²) in [5.41, 5.74) is 1.68. The zero-order valence-electron chi connectivity index (χ0n) is 17.0. The van der Waals surface area contributed by atoms with E-state index in [9.17, 15) is 9.59 Å². The van der Waals surface area contributed by atoms with Gasteiger partial charge in [-0.15, -0.1) is 11.3 Å². The van der Waals surface area contributed by atoms with E-state index < -0.39 is 0 Å². The van der Waals surface area contributed by atoms with Gasteiger partial charge in [-0.3, -0.25) is 4.79 Å². The highest BCUT2D eigenvalue weighted by atomic mass is 32.1. The number of aryl methyl sites for hydroxylation is 1. The molecule has 3 aliphatic rings. The van der Waals surface area contributed by atoms with E-state index in [2.05, 4.69) is 17.6 Å². The van der Waals surface area contributed by atoms with E-state index in [-0.39, 0.29) is 11.9 Å². The average Bonchev–Trinajstić information content (AvgIpc) is 3.39. The molecule has 1 amide bonds. The van der Waals surface area contributed by atoms with E-state index in [0.29, 0.717) is 35.7 Å². The molecule has 0 aliphatic heterocycles. The smallest absolute Gasteiger partial charge is 0.341 e. The summed E-state index contributed by atoms with van der Waals surface area (Å²) < 4.78 is 5.27. The molecule has 0 saturated heterocycles. The summed E-state index contributed by atoms with van der Waals surface area (Å²) in [5, 5.41) is 7.12. The molecule has 154 valence electrons. The van der Waals surface area contributed by atoms with Gasteiger partial charge in [0.25, 0.3) is 0 Å². The number of hydrogen-bond donors (Lipinski definition) is 2. The quantitative estimate of drug-likeness (QED) is 0.670. The Morgan fingerprint density at radius 3 is 2.75 bits per heavy atom. The Hall–Kier alpha value is -1.40. The second kappa shape index (κ2) is 8.54. The molecule has 4 atom stereocenters. The summed E-state index contributed by atoms with van der Waals surface area (Å²) >= 11 is 1.55. The normalized spacial score (nSPS) is 26.7. The third kappa shape index (κ3) is 3.99. The average molecular weight is 405 g/mol. The van der Waals surface area contributed by atoms with Gasteiger partial charge in [0.2, 0.25) is 5.91 Å². The van der Waals surface area contributed by atoms with Crippen LogP contribution in [0.5, 0.6) is 0 Å². The fraction of sp³-hybridized carbons (Fsp3) is 0.727. The SMILES string of the molecule is CCOC(=O)c1c(NC(=O)CN[C@@H](C)[C@H]2C[C@@H]3CC[C@@H]2C3)sc2c1CCCC2. The van der Waals surface area contributed by atoms with Crippen LogP contribution in [0, 0.1) is 17.8 Å². The highest BCUT2D eigenvalue weighted by Gasteiger charge is 2.41. The number of ether oxygens (including phenoxy) is 1. The van der Waals surface area contributed by atoms with E-state index in [0.717, 1.165) is 43.1 Å². The topological polar surface area (TPSA) is 67.4 Å². The molecule has 0 spiro atoms. The minimum absolute atomic E-state index is 0.0702. The highest BCUT2D eigenvalue weighted by molar-refractivity contribution is 7.17. The number of nitrogens with one attached hydrogen (secondary N) is 2. The number of fused-ring (bicyclic) bond motifs is 3. The van der Waals surface area contributed by atoms with E-state index in [4.69, 9.17) is 4.74 Å². The maximum absolute atomic E-state index is 12.6. The van der Waals surface area contributed by atoms with Crippen molar-refractivity contribution in [3.8, 4) is 0 Å². The number of anilines is 1. The van der Waals surface area contributed by atoms with Crippen LogP contribution in [-0.2, 0) is 22.4 Å². The molecule has 0 aromatic carbocycles. The first-order valence-electron chi connectivity index (χ1n) is 10.9. The Labute approximate surface area is 171 Å². The fourth-order valence-electron chi connectivity index (χ4n) is 5.56. The van der Waals surface area contributed by atoms with Crippen molar-refractivity contribution in [3.05, 3.63) is 16.0 Å². The molecule has 1 aromatic rings. The number of esters is 1. The number of rotatable bonds is 7. The number of amides is 1. The van der Waals surface area contributed by atoms with Crippen molar-refractivity contribution in [2.75, 3.05) is 18.5 Å². The molecule has 28 heavy (non-hydrogen) atoms. The third-order valence-corrected chi connectivity index (χ3v) is 8.13. The number of carbonyl (C=O) groups excluding carboxylic acids is 2. The Morgan fingerprint density at radius 1 is 1.21 bits per heavy atom. The highest BCUT2D eigenvalue weighted by Crippen LogP contribution is 2.49. The van der Waals surface area contributed by atoms with Gasteiger partial charge in [0, 0.05) is 10.9 Å². The molecule has 0 radical (unpaired) electrons. The molecule has 3 aliphatic carbocycles. The van der Waals surface area contributed by atoms with Gasteiger partial charge in [-0.1, -0.05) is 6.42 Å². The van der Waals surface area contributed by atoms with E-state index in [1.54, 1.807) is 11.3 Å². The third-order valence-electron chi connectivity index (χ3n) is 6.92. The van der Waals surface area contributed by atoms with Crippen molar-refractivity contribution in [1.29, 1.82) is 0 Å². The van der Waals surface area contributed by atoms with Gasteiger partial charge < -0.3 is 15.4 Å². The minimum atomic E-state index is -0.305. The predicted molar refractivity (Wildman–Crippen MR) is 112 cm³/mol. The Morgan fingerprint density at radius 2 is 2.04 bits per heavy atom. The van der Waals surface area contributed by atoms with Crippen LogP contribution in [0.2, 0.25) is 0 Å². The lowest BCUT2D eigenvalue weighted by atomic mass is 9.84. The second-order valence-corrected chi connectivity index (χ2v) is 9.80. The number of thiophene rings is 1. The molecule has 5 nitrogen and oxygen atoms in total. The Kier molecular flexibility index (Phi) is 6.07. The predicted octanol–water partition coefficient (Wildman–Crippen LogP) is 4.16. The molecule has 1 heterocycles. The summed E-state index contributed by atoms with van der Waals surface area (Å²) in [6, 6.07) is 0.363. The van der Waals surface area contributed by atoms with Crippen LogP contribution in [0.1, 0.15) is 73.2 Å². The first-order valence-corrected chi connectivity index (χ1v) is 11.7. The summed E-state index contributed by atoms with van der Waals surface area (Å²) in [7, 11) is 0. The van der Waals surface area contributed by atoms with Crippen LogP contribution >= 0.6 is 11.3 Å². The maximum atomic E-state index is 12.6. The van der Waals surface area contributed by atoms with Crippen LogP contribution in [0.4, 0.5) is 5.00 Å². The van der Waals surface area contributed by atoms with Crippen LogP contribution in [0.3, 0.4) is 0 Å². The molecule has 6 heteroatoms. The minimum Gasteiger partial charge on any atom is -0.462 e. The van der Waals surface area contributed by atoms with Crippen LogP contribution in [0.15, 0.2) is 0 Å². The summed E-state index contributed by atoms with van der Waals surface area (Å²) in [6.45, 7) is 4.67. The van der Waals surface area contributed by atoms with E-state index in [1.165, 1.54) is 30.6 Å². The first-order chi connectivity index (χ1) is 13.6. The summed E-state index contributed by atoms with van der Waals surface area (Å²) in [6.07, 6.45) is 9.57. The van der Waals surface area contributed by atoms with Gasteiger partial charge in [-0.2, -0.15) is 0 Å². The molecule has 2 bridgehead atoms. The van der Waals surface area contributed by atoms with Crippen molar-refractivity contribution in [2.45, 2.75) is 71.3 Å². The lowest BCUT2D eigenvalue weighted by Gasteiger charge is -2.28. The molecular formula is C22H32N2O3S. The molecule has 2 N–H and O–H groups in total. The van der Waals surface area contributed by atoms with Gasteiger partial charge in [-0.25, -0.2) is 4.79 Å². The number of carbonyl (C=O) groups is 2. The van der Waals surface area contributed by atoms with Crippen molar-refractivity contribution >= 4 is 28.2 Å². The van der Waals surface area contributed by atoms with Gasteiger partial charge in [-0.05, 0) is 82.1 Å². The lowest BCUT2D eigenvalue weighted by Crippen LogP contribution is -2.40. The van der Waals surface area contributed by atoms with Crippen molar-refractivity contribution in [2.24, 2.45) is 17.8 Å². The molecule has 2 saturated carbocycles. The monoisotopic (exact) mass is 404 g/mol. The molecule has 2 fully saturated rings. The molecule has 1 aromatic heterocycles. The van der Waals surface area contributed by atoms with Crippen molar-refractivity contribution < 1.29 is 14.3 Å². The molecule has 0 unspecified atom stereocenters. The Bertz CT molecular complexity index is 744. The van der Waals surface area contributed by atoms with Gasteiger partial charge in [0.05, 0.1) is 18.7 Å². The fourth-order valence-corrected chi connectivity index (χ4v) is 6.85. The van der Waals surface area contributed by atoms with Gasteiger partial charge in [0.15, 0.2) is 0 Å². The second-order valence-electron chi connectivity index (χ2n) is 8.69. The van der Waals surface area contributed by atoms with Gasteiger partial charge in [0.1, 0.15) is 5.00 Å². The standard InChI is InChI=1S/C22H32N2O3S/c1-3-27-22(26)20-16-6-4-5-7-18(16)28-21(20)24-19(25)12-23-13(2)17-11-14-8-9-15(17)10-14/h13-15,17,23H,3-12H2,1-2H3,(H,24,25)/t13-,14+,15+,17+/m0/s1. The van der Waals surface area contributed by atoms with E-state index in [1.807, 2.05) is 6.92 Å². The largest absolute Gasteiger partial charge is 0.462 e.